The van der Waals surface area contributed by atoms with E-state index in [0.29, 0.717) is 51.6 Å². The van der Waals surface area contributed by atoms with Crippen LogP contribution in [0.15, 0.2) is 170 Å². The van der Waals surface area contributed by atoms with E-state index in [1.165, 1.54) is 105 Å². The number of epoxide rings is 1. The Bertz CT molecular complexity index is 5090. The van der Waals surface area contributed by atoms with Crippen LogP contribution in [0, 0.1) is 11.8 Å². The molecule has 9 rings (SSSR count). The number of fused-ring (bicyclic) bond motifs is 2. The number of ether oxygens (including phenoxy) is 1. The number of phenols is 2. The summed E-state index contributed by atoms with van der Waals surface area (Å²) < 4.78 is 6.17. The molecule has 1 aromatic heterocycles. The summed E-state index contributed by atoms with van der Waals surface area (Å²) in [6.07, 6.45) is -0.756. The minimum absolute atomic E-state index is 0.0356. The van der Waals surface area contributed by atoms with E-state index in [1.807, 2.05) is 25.1 Å². The van der Waals surface area contributed by atoms with E-state index in [9.17, 15) is 48.9 Å². The van der Waals surface area contributed by atoms with E-state index in [0.717, 1.165) is 20.3 Å². The summed E-state index contributed by atoms with van der Waals surface area (Å²) in [4.78, 5) is 229. The Morgan fingerprint density at radius 1 is 0.485 bits per heavy atom. The van der Waals surface area contributed by atoms with Crippen LogP contribution in [-0.2, 0) is 115 Å². The molecule has 2 aliphatic rings. The molecule has 7 aromatic rings. The molecule has 0 aliphatic carbocycles. The molecule has 35 nitrogen and oxygen atoms in total. The van der Waals surface area contributed by atoms with Crippen molar-refractivity contribution in [3.05, 3.63) is 203 Å². The molecule has 13 atom stereocenters. The van der Waals surface area contributed by atoms with Crippen LogP contribution in [0.3, 0.4) is 0 Å². The molecule has 0 bridgehead atoms. The summed E-state index contributed by atoms with van der Waals surface area (Å²) >= 11 is 1.17. The number of likely N-dealkylation sites (N-methyl/N-ethyl adjacent to an activating group) is 5. The van der Waals surface area contributed by atoms with Crippen LogP contribution < -0.4 is 53.6 Å². The molecule has 15 N–H and O–H groups in total. The van der Waals surface area contributed by atoms with Crippen LogP contribution in [0.1, 0.15) is 100 Å². The first-order valence-electron chi connectivity index (χ1n) is 43.4. The fourth-order valence-corrected chi connectivity index (χ4v) is 16.5. The van der Waals surface area contributed by atoms with E-state index in [-0.39, 0.29) is 80.3 Å². The number of carboxylic acid groups (broad SMARTS) is 1. The molecular weight excluding hydrogens is 1690 g/mol. The van der Waals surface area contributed by atoms with Gasteiger partial charge in [0, 0.05) is 95.9 Å². The number of benzene rings is 6. The zero-order valence-corrected chi connectivity index (χ0v) is 75.6. The van der Waals surface area contributed by atoms with Crippen molar-refractivity contribution in [3.63, 3.8) is 0 Å². The quantitative estimate of drug-likeness (QED) is 0.0409. The van der Waals surface area contributed by atoms with Crippen LogP contribution in [0.25, 0.3) is 10.9 Å². The molecular formula is C94H120N16O19S. The number of carbonyl (C=O) groups excluding carboxylic acids is 14. The van der Waals surface area contributed by atoms with E-state index < -0.39 is 199 Å². The molecule has 2 unspecified atom stereocenters. The second-order valence-electron chi connectivity index (χ2n) is 33.8. The van der Waals surface area contributed by atoms with E-state index in [1.54, 1.807) is 131 Å². The number of primary amides is 1. The van der Waals surface area contributed by atoms with Gasteiger partial charge < -0.3 is 97.8 Å². The van der Waals surface area contributed by atoms with Crippen molar-refractivity contribution < 1.29 is 92.0 Å². The van der Waals surface area contributed by atoms with Crippen LogP contribution in [-0.4, -0.2) is 279 Å². The van der Waals surface area contributed by atoms with Crippen LogP contribution in [0.2, 0.25) is 0 Å². The number of rotatable bonds is 23. The summed E-state index contributed by atoms with van der Waals surface area (Å²) in [7, 11) is 6.75. The van der Waals surface area contributed by atoms with Gasteiger partial charge in [-0.15, -0.1) is 0 Å². The van der Waals surface area contributed by atoms with Crippen LogP contribution in [0.5, 0.6) is 11.5 Å². The predicted molar refractivity (Wildman–Crippen MR) is 486 cm³/mol. The number of nitrogens with two attached hydrogens (primary N) is 1. The van der Waals surface area contributed by atoms with Gasteiger partial charge >= 0.3 is 5.97 Å². The summed E-state index contributed by atoms with van der Waals surface area (Å²) in [5, 5.41) is 56.5. The standard InChI is InChI=1S/C94H120N16O19S/c1-11-12-32-74-92(126)107(7)52-80(115)99-70(48-81(116)117)87(122)105-82(56(4)5)94(128)109(9)75(45-58-26-18-14-19-27-58)88(123)102-71(44-61-35-39-64(112)40-36-61)90(124)106(6)51-79(114)98-69(47-62-49-96-66-31-23-22-30-65(62)66)86(121)101-68(42-60-33-37-63(111)38-34-60)85(120)100-67(41-55(2)3)84(119)103-73(83(118)97-50-78(95)113)53-130-54-77-89(129-77)104-72(43-57-24-16-13-17-25-57)91(125)110(10)76(93(127)108(74)8)46-59-28-20-15-21-29-59/h13-31,33-40,49,55-56,67-77,82,89,96,104,111-112H,11-12,32,41-48,50-54H2,1-10H3,(H2,95,113)(H,97,118)(H,98,114)(H,99,115)(H,100,120)(H,101,121)(H,102,123)(H,103,119)(H,105,122)(H,116,117)/t67-,68-,69-,70-,71-,72-,73-,74-,75-,76-,77?,82-,89?/m0/s1. The molecule has 0 radical (unpaired) electrons. The Morgan fingerprint density at radius 2 is 0.954 bits per heavy atom. The van der Waals surface area contributed by atoms with Gasteiger partial charge in [0.15, 0.2) is 0 Å². The van der Waals surface area contributed by atoms with Crippen molar-refractivity contribution in [1.29, 1.82) is 0 Å². The number of H-pyrrole nitrogens is 1. The number of amides is 14. The maximum Gasteiger partial charge on any atom is 0.305 e. The molecule has 0 saturated carbocycles. The maximum absolute atomic E-state index is 15.6. The number of aromatic hydroxyl groups is 2. The van der Waals surface area contributed by atoms with Crippen molar-refractivity contribution in [3.8, 4) is 11.5 Å². The van der Waals surface area contributed by atoms with Crippen molar-refractivity contribution >= 4 is 111 Å². The fraction of sp³-hybridized carbons (Fsp3) is 0.436. The first-order chi connectivity index (χ1) is 61.9. The number of thioether (sulfide) groups is 1. The second-order valence-corrected chi connectivity index (χ2v) is 34.9. The zero-order chi connectivity index (χ0) is 94.6. The Hall–Kier alpha value is -13.2. The molecule has 6 aromatic carbocycles. The molecule has 36 heteroatoms. The first-order valence-corrected chi connectivity index (χ1v) is 44.5. The van der Waals surface area contributed by atoms with E-state index >= 15 is 38.4 Å². The molecule has 0 spiro atoms. The lowest BCUT2D eigenvalue weighted by atomic mass is 9.98. The highest BCUT2D eigenvalue weighted by Gasteiger charge is 2.46. The van der Waals surface area contributed by atoms with E-state index in [4.69, 9.17) is 10.5 Å². The lowest BCUT2D eigenvalue weighted by Crippen LogP contribution is -2.61. The number of carboxylic acids is 1. The van der Waals surface area contributed by atoms with Gasteiger partial charge in [0.05, 0.1) is 32.1 Å². The number of carbonyl (C=O) groups is 15. The SMILES string of the molecule is CCCC[C@H]1C(=O)N(C)CC(=O)N[C@@H](CC(=O)O)C(=O)N[C@@H](C(C)C)C(=O)N(C)[C@@H](Cc2ccccc2)C(=O)N[C@@H](Cc2ccc(O)cc2)C(=O)N(C)CC(=O)N[C@@H](Cc2c[nH]c3ccccc23)C(=O)N[C@@H](Cc2ccc(O)cc2)C(=O)N[C@@H](CC(C)C)C(=O)N[C@H](C(=O)NCC(N)=O)CSCC2OC2N[C@@H](Cc2ccccc2)C(=O)N(C)[C@@H](Cc2ccccc2)C(=O)N1C. The predicted octanol–water partition coefficient (Wildman–Crippen LogP) is 2.52. The number of unbranched alkanes of at least 4 members (excludes halogenated alkanes) is 1. The molecule has 2 fully saturated rings. The number of aromatic amines is 1. The van der Waals surface area contributed by atoms with Crippen molar-refractivity contribution in [1.82, 2.24) is 77.3 Å². The van der Waals surface area contributed by atoms with Crippen molar-refractivity contribution in [2.75, 3.05) is 66.4 Å². The summed E-state index contributed by atoms with van der Waals surface area (Å²) in [5.74, 6) is -15.0. The largest absolute Gasteiger partial charge is 0.508 e. The lowest BCUT2D eigenvalue weighted by Gasteiger charge is -2.37. The monoisotopic (exact) mass is 1810 g/mol. The topological polar surface area (TPSA) is 496 Å². The summed E-state index contributed by atoms with van der Waals surface area (Å²) in [6.45, 7) is 6.41. The third-order valence-corrected chi connectivity index (χ3v) is 23.9. The third kappa shape index (κ3) is 29.7. The number of nitrogens with one attached hydrogen (secondary N) is 10. The van der Waals surface area contributed by atoms with Crippen LogP contribution >= 0.6 is 11.8 Å². The van der Waals surface area contributed by atoms with Gasteiger partial charge in [-0.05, 0) is 94.8 Å². The normalized spacial score (nSPS) is 23.4. The molecule has 2 saturated heterocycles. The Kier molecular flexibility index (Phi) is 37.3. The smallest absolute Gasteiger partial charge is 0.305 e. The number of phenolic OH excluding ortho intramolecular Hbond substituents is 2. The summed E-state index contributed by atoms with van der Waals surface area (Å²) in [5.41, 5.74) is 9.43. The van der Waals surface area contributed by atoms with Gasteiger partial charge in [0.2, 0.25) is 82.7 Å². The molecule has 696 valence electrons. The van der Waals surface area contributed by atoms with Gasteiger partial charge in [-0.25, -0.2) is 0 Å². The van der Waals surface area contributed by atoms with Crippen LogP contribution in [0.4, 0.5) is 0 Å². The minimum atomic E-state index is -1.89. The average molecular weight is 1810 g/mol. The Morgan fingerprint density at radius 3 is 1.51 bits per heavy atom. The average Bonchev–Trinajstić information content (AvgIpc) is 1.61. The van der Waals surface area contributed by atoms with Crippen molar-refractivity contribution in [2.45, 2.75) is 184 Å². The third-order valence-electron chi connectivity index (χ3n) is 22.7. The highest BCUT2D eigenvalue weighted by atomic mass is 32.2. The molecule has 14 amide bonds. The number of aliphatic carboxylic acids is 1. The Balaban J connectivity index is 1.10. The number of para-hydroxylation sites is 1. The Labute approximate surface area is 759 Å². The van der Waals surface area contributed by atoms with Gasteiger partial charge in [0.1, 0.15) is 84.2 Å². The summed E-state index contributed by atoms with van der Waals surface area (Å²) in [6, 6.07) is 29.0. The highest BCUT2D eigenvalue weighted by Crippen LogP contribution is 2.28. The maximum atomic E-state index is 15.6. The zero-order valence-electron chi connectivity index (χ0n) is 74.7. The highest BCUT2D eigenvalue weighted by molar-refractivity contribution is 7.99. The number of nitrogens with zero attached hydrogens (tertiary/aromatic N) is 5. The second kappa shape index (κ2) is 48.3. The fourth-order valence-electron chi connectivity index (χ4n) is 15.4. The van der Waals surface area contributed by atoms with Gasteiger partial charge in [-0.3, -0.25) is 77.2 Å². The number of hydrogen-bond donors (Lipinski definition) is 14. The van der Waals surface area contributed by atoms with Crippen molar-refractivity contribution in [2.24, 2.45) is 17.6 Å². The minimum Gasteiger partial charge on any atom is -0.508 e. The lowest BCUT2D eigenvalue weighted by molar-refractivity contribution is -0.151. The number of aromatic nitrogens is 1. The number of hydrogen-bond acceptors (Lipinski definition) is 20. The van der Waals surface area contributed by atoms with Gasteiger partial charge in [-0.1, -0.05) is 181 Å². The molecule has 130 heavy (non-hydrogen) atoms. The van der Waals surface area contributed by atoms with E-state index in [2.05, 4.69) is 52.8 Å². The van der Waals surface area contributed by atoms with Gasteiger partial charge in [0.25, 0.3) is 0 Å². The molecule has 3 heterocycles. The van der Waals surface area contributed by atoms with Gasteiger partial charge in [-0.2, -0.15) is 11.8 Å². The molecule has 2 aliphatic heterocycles. The first kappa shape index (κ1) is 101.